The third-order valence-electron chi connectivity index (χ3n) is 5.06. The number of benzene rings is 2. The molecule has 1 fully saturated rings. The molecule has 0 bridgehead atoms. The average Bonchev–Trinajstić information content (AvgIpc) is 3.37. The highest BCUT2D eigenvalue weighted by molar-refractivity contribution is 5.51. The quantitative estimate of drug-likeness (QED) is 0.581. The molecule has 0 radical (unpaired) electrons. The van der Waals surface area contributed by atoms with E-state index in [2.05, 4.69) is 36.1 Å². The third kappa shape index (κ3) is 3.52. The zero-order chi connectivity index (χ0) is 19.7. The van der Waals surface area contributed by atoms with Crippen molar-refractivity contribution in [3.63, 3.8) is 0 Å². The second-order valence-corrected chi connectivity index (χ2v) is 6.80. The molecule has 28 heavy (non-hydrogen) atoms. The van der Waals surface area contributed by atoms with Crippen LogP contribution in [0.5, 0.6) is 0 Å². The summed E-state index contributed by atoms with van der Waals surface area (Å²) in [7, 11) is 0. The van der Waals surface area contributed by atoms with E-state index in [1.54, 1.807) is 18.5 Å². The number of para-hydroxylation sites is 1. The molecular formula is C22H21F3N2O. The SMILES string of the molecule is CCc1ccc(N2CCO[C@H]2c2ccn(-c3ccccc3C(F)(F)F)c2)cc1. The predicted octanol–water partition coefficient (Wildman–Crippen LogP) is 5.59. The number of nitrogens with zero attached hydrogens (tertiary/aromatic N) is 2. The highest BCUT2D eigenvalue weighted by atomic mass is 19.4. The molecule has 1 aliphatic rings. The van der Waals surface area contributed by atoms with E-state index in [1.165, 1.54) is 22.3 Å². The minimum Gasteiger partial charge on any atom is -0.352 e. The molecule has 1 atom stereocenters. The Morgan fingerprint density at radius 1 is 1.04 bits per heavy atom. The third-order valence-corrected chi connectivity index (χ3v) is 5.06. The molecule has 1 aliphatic heterocycles. The fraction of sp³-hybridized carbons (Fsp3) is 0.273. The van der Waals surface area contributed by atoms with Crippen LogP contribution in [-0.4, -0.2) is 17.7 Å². The van der Waals surface area contributed by atoms with Gasteiger partial charge in [0.1, 0.15) is 0 Å². The van der Waals surface area contributed by atoms with Crippen LogP contribution in [0.3, 0.4) is 0 Å². The lowest BCUT2D eigenvalue weighted by Crippen LogP contribution is -2.23. The van der Waals surface area contributed by atoms with Gasteiger partial charge in [0.2, 0.25) is 0 Å². The molecule has 1 aromatic heterocycles. The van der Waals surface area contributed by atoms with Gasteiger partial charge in [-0.25, -0.2) is 0 Å². The molecular weight excluding hydrogens is 365 g/mol. The number of anilines is 1. The molecule has 0 saturated carbocycles. The number of hydrogen-bond donors (Lipinski definition) is 0. The van der Waals surface area contributed by atoms with Crippen molar-refractivity contribution in [3.05, 3.63) is 83.7 Å². The van der Waals surface area contributed by atoms with E-state index in [1.807, 2.05) is 6.07 Å². The fourth-order valence-corrected chi connectivity index (χ4v) is 3.58. The molecule has 4 rings (SSSR count). The van der Waals surface area contributed by atoms with Crippen molar-refractivity contribution < 1.29 is 17.9 Å². The molecule has 0 amide bonds. The normalized spacial score (nSPS) is 17.3. The summed E-state index contributed by atoms with van der Waals surface area (Å²) < 4.78 is 47.4. The van der Waals surface area contributed by atoms with E-state index < -0.39 is 11.7 Å². The summed E-state index contributed by atoms with van der Waals surface area (Å²) in [5, 5.41) is 0. The molecule has 3 aromatic rings. The number of rotatable bonds is 4. The molecule has 0 unspecified atom stereocenters. The zero-order valence-electron chi connectivity index (χ0n) is 15.5. The number of aryl methyl sites for hydroxylation is 1. The summed E-state index contributed by atoms with van der Waals surface area (Å²) in [6.45, 7) is 3.42. The lowest BCUT2D eigenvalue weighted by atomic mass is 10.1. The predicted molar refractivity (Wildman–Crippen MR) is 103 cm³/mol. The van der Waals surface area contributed by atoms with E-state index in [-0.39, 0.29) is 11.9 Å². The van der Waals surface area contributed by atoms with Gasteiger partial charge in [0.15, 0.2) is 6.23 Å². The van der Waals surface area contributed by atoms with Gasteiger partial charge in [0, 0.05) is 30.2 Å². The Morgan fingerprint density at radius 3 is 2.50 bits per heavy atom. The molecule has 0 spiro atoms. The number of halogens is 3. The first-order valence-corrected chi connectivity index (χ1v) is 9.29. The maximum absolute atomic E-state index is 13.3. The van der Waals surface area contributed by atoms with Gasteiger partial charge < -0.3 is 14.2 Å². The molecule has 0 N–H and O–H groups in total. The molecule has 2 heterocycles. The van der Waals surface area contributed by atoms with Crippen LogP contribution in [0.2, 0.25) is 0 Å². The van der Waals surface area contributed by atoms with Crippen LogP contribution < -0.4 is 4.90 Å². The summed E-state index contributed by atoms with van der Waals surface area (Å²) in [4.78, 5) is 2.13. The van der Waals surface area contributed by atoms with Gasteiger partial charge >= 0.3 is 6.18 Å². The van der Waals surface area contributed by atoms with Crippen molar-refractivity contribution >= 4 is 5.69 Å². The van der Waals surface area contributed by atoms with E-state index in [0.29, 0.717) is 6.61 Å². The fourth-order valence-electron chi connectivity index (χ4n) is 3.58. The minimum atomic E-state index is -4.40. The first kappa shape index (κ1) is 18.6. The summed E-state index contributed by atoms with van der Waals surface area (Å²) in [5.74, 6) is 0. The molecule has 6 heteroatoms. The Morgan fingerprint density at radius 2 is 1.79 bits per heavy atom. The second-order valence-electron chi connectivity index (χ2n) is 6.80. The van der Waals surface area contributed by atoms with E-state index in [0.717, 1.165) is 30.3 Å². The van der Waals surface area contributed by atoms with Gasteiger partial charge in [-0.1, -0.05) is 31.2 Å². The van der Waals surface area contributed by atoms with Crippen LogP contribution in [0.1, 0.15) is 29.8 Å². The summed E-state index contributed by atoms with van der Waals surface area (Å²) in [6.07, 6.45) is -0.375. The maximum atomic E-state index is 13.3. The Labute approximate surface area is 162 Å². The lowest BCUT2D eigenvalue weighted by Gasteiger charge is -2.24. The van der Waals surface area contributed by atoms with Crippen LogP contribution in [0.4, 0.5) is 18.9 Å². The van der Waals surface area contributed by atoms with Crippen molar-refractivity contribution in [3.8, 4) is 5.69 Å². The standard InChI is InChI=1S/C22H21F3N2O/c1-2-16-7-9-18(10-8-16)27-13-14-28-21(27)17-11-12-26(15-17)20-6-4-3-5-19(20)22(23,24)25/h3-12,15,21H,2,13-14H2,1H3/t21-/m0/s1. The van der Waals surface area contributed by atoms with Crippen LogP contribution in [0, 0.1) is 0 Å². The lowest BCUT2D eigenvalue weighted by molar-refractivity contribution is -0.137. The summed E-state index contributed by atoms with van der Waals surface area (Å²) in [5.41, 5.74) is 2.59. The first-order chi connectivity index (χ1) is 13.5. The molecule has 0 aliphatic carbocycles. The van der Waals surface area contributed by atoms with Gasteiger partial charge in [0.25, 0.3) is 0 Å². The van der Waals surface area contributed by atoms with Crippen LogP contribution >= 0.6 is 0 Å². The van der Waals surface area contributed by atoms with Gasteiger partial charge in [-0.15, -0.1) is 0 Å². The zero-order valence-corrected chi connectivity index (χ0v) is 15.5. The van der Waals surface area contributed by atoms with Crippen LogP contribution in [-0.2, 0) is 17.3 Å². The Bertz CT molecular complexity index is 947. The molecule has 2 aromatic carbocycles. The van der Waals surface area contributed by atoms with Crippen LogP contribution in [0.25, 0.3) is 5.69 Å². The average molecular weight is 386 g/mol. The van der Waals surface area contributed by atoms with Gasteiger partial charge in [-0.05, 0) is 42.3 Å². The largest absolute Gasteiger partial charge is 0.418 e. The van der Waals surface area contributed by atoms with Crippen molar-refractivity contribution in [2.24, 2.45) is 0 Å². The van der Waals surface area contributed by atoms with Gasteiger partial charge in [0.05, 0.1) is 17.9 Å². The van der Waals surface area contributed by atoms with Crippen molar-refractivity contribution in [1.82, 2.24) is 4.57 Å². The number of aromatic nitrogens is 1. The highest BCUT2D eigenvalue weighted by Gasteiger charge is 2.34. The van der Waals surface area contributed by atoms with Crippen molar-refractivity contribution in [2.75, 3.05) is 18.1 Å². The Hall–Kier alpha value is -2.73. The van der Waals surface area contributed by atoms with Gasteiger partial charge in [-0.2, -0.15) is 13.2 Å². The van der Waals surface area contributed by atoms with Crippen molar-refractivity contribution in [2.45, 2.75) is 25.7 Å². The van der Waals surface area contributed by atoms with E-state index in [9.17, 15) is 13.2 Å². The monoisotopic (exact) mass is 386 g/mol. The summed E-state index contributed by atoms with van der Waals surface area (Å²) in [6, 6.07) is 15.7. The number of alkyl halides is 3. The van der Waals surface area contributed by atoms with Crippen LogP contribution in [0.15, 0.2) is 67.0 Å². The highest BCUT2D eigenvalue weighted by Crippen LogP contribution is 2.36. The minimum absolute atomic E-state index is 0.109. The molecule has 1 saturated heterocycles. The maximum Gasteiger partial charge on any atom is 0.418 e. The first-order valence-electron chi connectivity index (χ1n) is 9.29. The molecule has 146 valence electrons. The van der Waals surface area contributed by atoms with E-state index >= 15 is 0 Å². The summed E-state index contributed by atoms with van der Waals surface area (Å²) >= 11 is 0. The Kier molecular flexibility index (Phi) is 4.89. The van der Waals surface area contributed by atoms with E-state index in [4.69, 9.17) is 4.74 Å². The smallest absolute Gasteiger partial charge is 0.352 e. The van der Waals surface area contributed by atoms with Gasteiger partial charge in [-0.3, -0.25) is 0 Å². The number of ether oxygens (including phenoxy) is 1. The second kappa shape index (κ2) is 7.36. The van der Waals surface area contributed by atoms with Crippen molar-refractivity contribution in [1.29, 1.82) is 0 Å². The number of hydrogen-bond acceptors (Lipinski definition) is 2. The Balaban J connectivity index is 1.64. The topological polar surface area (TPSA) is 17.4 Å². The molecule has 3 nitrogen and oxygen atoms in total.